The summed E-state index contributed by atoms with van der Waals surface area (Å²) in [5, 5.41) is 17.8. The SMILES string of the molecule is CCCCc1noc(C)c1C=Cc1nc(C)c(C(=O)N[C@@H]2CCC[C@H]2O)s1. The van der Waals surface area contributed by atoms with Crippen molar-refractivity contribution < 1.29 is 14.4 Å². The topological polar surface area (TPSA) is 88.2 Å². The summed E-state index contributed by atoms with van der Waals surface area (Å²) in [5.74, 6) is 0.638. The van der Waals surface area contributed by atoms with Crippen LogP contribution in [0.5, 0.6) is 0 Å². The second-order valence-corrected chi connectivity index (χ2v) is 8.11. The van der Waals surface area contributed by atoms with E-state index in [1.807, 2.05) is 26.0 Å². The average Bonchev–Trinajstić information content (AvgIpc) is 3.31. The van der Waals surface area contributed by atoms with Crippen LogP contribution in [-0.2, 0) is 6.42 Å². The molecule has 2 N–H and O–H groups in total. The van der Waals surface area contributed by atoms with E-state index in [1.165, 1.54) is 11.3 Å². The first-order chi connectivity index (χ1) is 13.0. The van der Waals surface area contributed by atoms with E-state index in [4.69, 9.17) is 4.52 Å². The number of hydrogen-bond acceptors (Lipinski definition) is 6. The lowest BCUT2D eigenvalue weighted by molar-refractivity contribution is 0.0876. The first-order valence-electron chi connectivity index (χ1n) is 9.59. The van der Waals surface area contributed by atoms with Gasteiger partial charge in [-0.3, -0.25) is 4.79 Å². The molecule has 0 aliphatic heterocycles. The molecule has 7 heteroatoms. The average molecular weight is 390 g/mol. The van der Waals surface area contributed by atoms with E-state index >= 15 is 0 Å². The Morgan fingerprint density at radius 3 is 2.89 bits per heavy atom. The summed E-state index contributed by atoms with van der Waals surface area (Å²) in [6.07, 6.45) is 9.02. The summed E-state index contributed by atoms with van der Waals surface area (Å²) in [6.45, 7) is 5.89. The predicted octanol–water partition coefficient (Wildman–Crippen LogP) is 3.90. The Morgan fingerprint density at radius 1 is 1.37 bits per heavy atom. The molecular weight excluding hydrogens is 362 g/mol. The van der Waals surface area contributed by atoms with Crippen LogP contribution >= 0.6 is 11.3 Å². The lowest BCUT2D eigenvalue weighted by Gasteiger charge is -2.15. The molecule has 0 radical (unpaired) electrons. The molecular formula is C20H27N3O3S. The van der Waals surface area contributed by atoms with Crippen LogP contribution in [0.25, 0.3) is 12.2 Å². The van der Waals surface area contributed by atoms with Crippen LogP contribution in [-0.4, -0.2) is 33.3 Å². The smallest absolute Gasteiger partial charge is 0.263 e. The van der Waals surface area contributed by atoms with Gasteiger partial charge in [-0.05, 0) is 58.1 Å². The van der Waals surface area contributed by atoms with Crippen molar-refractivity contribution in [1.82, 2.24) is 15.5 Å². The third-order valence-corrected chi connectivity index (χ3v) is 6.08. The molecule has 0 bridgehead atoms. The normalized spacial score (nSPS) is 19.9. The van der Waals surface area contributed by atoms with E-state index < -0.39 is 6.10 Å². The Morgan fingerprint density at radius 2 is 2.19 bits per heavy atom. The summed E-state index contributed by atoms with van der Waals surface area (Å²) < 4.78 is 5.33. The highest BCUT2D eigenvalue weighted by molar-refractivity contribution is 7.14. The fourth-order valence-corrected chi connectivity index (χ4v) is 4.23. The summed E-state index contributed by atoms with van der Waals surface area (Å²) in [7, 11) is 0. The van der Waals surface area contributed by atoms with Crippen molar-refractivity contribution in [3.63, 3.8) is 0 Å². The van der Waals surface area contributed by atoms with Gasteiger partial charge in [0.2, 0.25) is 0 Å². The number of carbonyl (C=O) groups is 1. The summed E-state index contributed by atoms with van der Waals surface area (Å²) in [4.78, 5) is 17.6. The van der Waals surface area contributed by atoms with Gasteiger partial charge in [0.15, 0.2) is 0 Å². The van der Waals surface area contributed by atoms with Crippen LogP contribution in [0.3, 0.4) is 0 Å². The van der Waals surface area contributed by atoms with Crippen molar-refractivity contribution in [3.8, 4) is 0 Å². The minimum Gasteiger partial charge on any atom is -0.391 e. The van der Waals surface area contributed by atoms with Crippen molar-refractivity contribution in [1.29, 1.82) is 0 Å². The number of aryl methyl sites for hydroxylation is 3. The monoisotopic (exact) mass is 389 g/mol. The van der Waals surface area contributed by atoms with Crippen LogP contribution < -0.4 is 5.32 Å². The van der Waals surface area contributed by atoms with Crippen LogP contribution in [0.4, 0.5) is 0 Å². The van der Waals surface area contributed by atoms with Gasteiger partial charge in [0, 0.05) is 5.56 Å². The highest BCUT2D eigenvalue weighted by Crippen LogP contribution is 2.24. The third-order valence-electron chi connectivity index (χ3n) is 4.96. The zero-order valence-electron chi connectivity index (χ0n) is 16.1. The standard InChI is InChI=1S/C20H27N3O3S/c1-4-5-7-15-14(13(3)26-23-15)10-11-18-21-12(2)19(27-18)20(25)22-16-8-6-9-17(16)24/h10-11,16-17,24H,4-9H2,1-3H3,(H,22,25)/t16-,17-/m1/s1. The van der Waals surface area contributed by atoms with Gasteiger partial charge in [-0.15, -0.1) is 11.3 Å². The molecule has 1 aliphatic rings. The molecule has 2 heterocycles. The van der Waals surface area contributed by atoms with Crippen LogP contribution in [0, 0.1) is 13.8 Å². The fourth-order valence-electron chi connectivity index (χ4n) is 3.36. The third kappa shape index (κ3) is 4.65. The number of unbranched alkanes of at least 4 members (excludes halogenated alkanes) is 1. The Bertz CT molecular complexity index is 825. The molecule has 0 aromatic carbocycles. The van der Waals surface area contributed by atoms with Gasteiger partial charge in [0.1, 0.15) is 15.6 Å². The number of rotatable bonds is 7. The largest absolute Gasteiger partial charge is 0.391 e. The number of hydrogen-bond donors (Lipinski definition) is 2. The maximum absolute atomic E-state index is 12.5. The summed E-state index contributed by atoms with van der Waals surface area (Å²) >= 11 is 1.36. The van der Waals surface area contributed by atoms with Gasteiger partial charge in [-0.2, -0.15) is 0 Å². The number of aliphatic hydroxyl groups excluding tert-OH is 1. The molecule has 1 amide bonds. The van der Waals surface area contributed by atoms with Gasteiger partial charge >= 0.3 is 0 Å². The van der Waals surface area contributed by atoms with E-state index in [0.29, 0.717) is 10.6 Å². The number of thiazole rings is 1. The van der Waals surface area contributed by atoms with Gasteiger partial charge in [-0.1, -0.05) is 18.5 Å². The Balaban J connectivity index is 1.72. The van der Waals surface area contributed by atoms with Crippen LogP contribution in [0.1, 0.15) is 76.4 Å². The van der Waals surface area contributed by atoms with Crippen molar-refractivity contribution in [2.75, 3.05) is 0 Å². The van der Waals surface area contributed by atoms with Crippen molar-refractivity contribution in [2.45, 2.75) is 71.4 Å². The number of carbonyl (C=O) groups excluding carboxylic acids is 1. The molecule has 1 saturated carbocycles. The molecule has 1 fully saturated rings. The number of nitrogens with zero attached hydrogens (tertiary/aromatic N) is 2. The zero-order valence-corrected chi connectivity index (χ0v) is 16.9. The zero-order chi connectivity index (χ0) is 19.4. The number of aromatic nitrogens is 2. The maximum atomic E-state index is 12.5. The Hall–Kier alpha value is -1.99. The molecule has 2 atom stereocenters. The van der Waals surface area contributed by atoms with E-state index in [1.54, 1.807) is 0 Å². The number of amides is 1. The Kier molecular flexibility index (Phi) is 6.44. The van der Waals surface area contributed by atoms with Crippen LogP contribution in [0.2, 0.25) is 0 Å². The highest BCUT2D eigenvalue weighted by atomic mass is 32.1. The first kappa shape index (κ1) is 19.8. The van der Waals surface area contributed by atoms with Crippen molar-refractivity contribution in [2.24, 2.45) is 0 Å². The molecule has 0 spiro atoms. The van der Waals surface area contributed by atoms with Crippen molar-refractivity contribution >= 4 is 29.4 Å². The second kappa shape index (κ2) is 8.80. The molecule has 1 aliphatic carbocycles. The van der Waals surface area contributed by atoms with E-state index in [0.717, 1.165) is 60.6 Å². The first-order valence-corrected chi connectivity index (χ1v) is 10.4. The molecule has 0 unspecified atom stereocenters. The minimum absolute atomic E-state index is 0.152. The Labute approximate surface area is 163 Å². The predicted molar refractivity (Wildman–Crippen MR) is 107 cm³/mol. The summed E-state index contributed by atoms with van der Waals surface area (Å²) in [6, 6.07) is -0.154. The minimum atomic E-state index is -0.445. The number of nitrogens with one attached hydrogen (secondary N) is 1. The molecule has 2 aromatic rings. The van der Waals surface area contributed by atoms with Gasteiger partial charge < -0.3 is 14.9 Å². The van der Waals surface area contributed by atoms with Gasteiger partial charge in [0.25, 0.3) is 5.91 Å². The molecule has 146 valence electrons. The lowest BCUT2D eigenvalue weighted by Crippen LogP contribution is -2.39. The van der Waals surface area contributed by atoms with Crippen molar-refractivity contribution in [3.05, 3.63) is 32.6 Å². The maximum Gasteiger partial charge on any atom is 0.263 e. The van der Waals surface area contributed by atoms with Crippen LogP contribution in [0.15, 0.2) is 4.52 Å². The summed E-state index contributed by atoms with van der Waals surface area (Å²) in [5.41, 5.74) is 2.67. The van der Waals surface area contributed by atoms with E-state index in [9.17, 15) is 9.90 Å². The van der Waals surface area contributed by atoms with E-state index in [2.05, 4.69) is 22.4 Å². The van der Waals surface area contributed by atoms with E-state index in [-0.39, 0.29) is 11.9 Å². The quantitative estimate of drug-likeness (QED) is 0.750. The highest BCUT2D eigenvalue weighted by Gasteiger charge is 2.28. The molecule has 6 nitrogen and oxygen atoms in total. The molecule has 2 aromatic heterocycles. The number of aliphatic hydroxyl groups is 1. The van der Waals surface area contributed by atoms with Gasteiger partial charge in [0.05, 0.1) is 23.5 Å². The fraction of sp³-hybridized carbons (Fsp3) is 0.550. The molecule has 0 saturated heterocycles. The lowest BCUT2D eigenvalue weighted by atomic mass is 10.1. The van der Waals surface area contributed by atoms with Gasteiger partial charge in [-0.25, -0.2) is 4.98 Å². The molecule has 3 rings (SSSR count). The molecule has 27 heavy (non-hydrogen) atoms. The second-order valence-electron chi connectivity index (χ2n) is 7.08.